The maximum Gasteiger partial charge on any atom is 0.220 e. The smallest absolute Gasteiger partial charge is 0.220 e. The van der Waals surface area contributed by atoms with Crippen molar-refractivity contribution in [2.75, 3.05) is 13.2 Å². The quantitative estimate of drug-likeness (QED) is 0.638. The monoisotopic (exact) mass is 414 g/mol. The molecular weight excluding hydrogens is 375 g/mol. The minimum atomic E-state index is -0.214. The number of hydrogen-bond donors (Lipinski definition) is 2. The fourth-order valence-corrected chi connectivity index (χ4v) is 6.99. The summed E-state index contributed by atoms with van der Waals surface area (Å²) in [4.78, 5) is 12.6. The van der Waals surface area contributed by atoms with Crippen molar-refractivity contribution in [1.82, 2.24) is 5.32 Å². The highest BCUT2D eigenvalue weighted by Gasteiger charge is 2.51. The summed E-state index contributed by atoms with van der Waals surface area (Å²) < 4.78 is 14.3. The molecule has 166 valence electrons. The Labute approximate surface area is 181 Å². The molecule has 1 amide bonds. The molecule has 4 rings (SSSR count). The maximum absolute atomic E-state index is 14.3. The van der Waals surface area contributed by atoms with E-state index in [0.717, 1.165) is 77.2 Å². The van der Waals surface area contributed by atoms with Gasteiger partial charge in [0.15, 0.2) is 0 Å². The Kier molecular flexibility index (Phi) is 6.81. The Balaban J connectivity index is 1.36. The number of amides is 1. The number of benzene rings is 1. The first-order chi connectivity index (χ1) is 14.6. The van der Waals surface area contributed by atoms with Crippen molar-refractivity contribution in [3.63, 3.8) is 0 Å². The van der Waals surface area contributed by atoms with Crippen molar-refractivity contribution in [1.29, 1.82) is 0 Å². The zero-order valence-electron chi connectivity index (χ0n) is 18.4. The minimum absolute atomic E-state index is 0.103. The summed E-state index contributed by atoms with van der Waals surface area (Å²) >= 11 is 0. The fourth-order valence-electron chi connectivity index (χ4n) is 6.99. The van der Waals surface area contributed by atoms with Gasteiger partial charge in [-0.25, -0.2) is 0 Å². The third-order valence-electron chi connectivity index (χ3n) is 8.47. The molecule has 4 heteroatoms. The van der Waals surface area contributed by atoms with Crippen molar-refractivity contribution < 1.29 is 9.18 Å². The molecule has 1 unspecified atom stereocenters. The number of alkyl halides is 1. The van der Waals surface area contributed by atoms with Gasteiger partial charge in [-0.2, -0.15) is 0 Å². The lowest BCUT2D eigenvalue weighted by Gasteiger charge is -2.54. The van der Waals surface area contributed by atoms with E-state index >= 15 is 0 Å². The second-order valence-electron chi connectivity index (χ2n) is 10.6. The van der Waals surface area contributed by atoms with Crippen LogP contribution in [0.4, 0.5) is 4.39 Å². The van der Waals surface area contributed by atoms with Crippen LogP contribution in [0.3, 0.4) is 0 Å². The number of carbonyl (C=O) groups is 1. The van der Waals surface area contributed by atoms with E-state index in [-0.39, 0.29) is 23.4 Å². The Bertz CT molecular complexity index is 702. The molecule has 3 aliphatic rings. The van der Waals surface area contributed by atoms with Gasteiger partial charge >= 0.3 is 0 Å². The fraction of sp³-hybridized carbons (Fsp3) is 0.731. The van der Waals surface area contributed by atoms with Crippen LogP contribution in [0.1, 0.15) is 82.6 Å². The number of nitrogens with two attached hydrogens (primary N) is 1. The zero-order chi connectivity index (χ0) is 21.0. The molecule has 1 aromatic rings. The largest absolute Gasteiger partial charge is 0.353 e. The number of halogens is 1. The Morgan fingerprint density at radius 2 is 1.83 bits per heavy atom. The summed E-state index contributed by atoms with van der Waals surface area (Å²) in [6.45, 7) is 0.552. The van der Waals surface area contributed by atoms with Crippen molar-refractivity contribution in [2.24, 2.45) is 23.0 Å². The van der Waals surface area contributed by atoms with Crippen LogP contribution < -0.4 is 11.1 Å². The second kappa shape index (κ2) is 9.38. The SMILES string of the molecule is NC[C@H]1CC[C@H](NC(=O)CCC2C[C@@]3(CF)CCC[C@@](c4ccccc4)(C2)C3)CC1. The third-order valence-corrected chi connectivity index (χ3v) is 8.47. The molecule has 0 saturated heterocycles. The molecule has 0 aromatic heterocycles. The number of carbonyl (C=O) groups excluding carboxylic acids is 1. The minimum Gasteiger partial charge on any atom is -0.353 e. The lowest BCUT2D eigenvalue weighted by Crippen LogP contribution is -2.48. The van der Waals surface area contributed by atoms with Gasteiger partial charge in [-0.1, -0.05) is 36.8 Å². The van der Waals surface area contributed by atoms with E-state index in [1.165, 1.54) is 5.56 Å². The lowest BCUT2D eigenvalue weighted by atomic mass is 9.50. The number of hydrogen-bond acceptors (Lipinski definition) is 2. The van der Waals surface area contributed by atoms with Gasteiger partial charge in [0.1, 0.15) is 0 Å². The lowest BCUT2D eigenvalue weighted by molar-refractivity contribution is -0.122. The summed E-state index contributed by atoms with van der Waals surface area (Å²) in [5.74, 6) is 1.25. The molecule has 1 aromatic carbocycles. The topological polar surface area (TPSA) is 55.1 Å². The van der Waals surface area contributed by atoms with Gasteiger partial charge in [-0.05, 0) is 99.0 Å². The van der Waals surface area contributed by atoms with E-state index < -0.39 is 0 Å². The molecule has 0 heterocycles. The average molecular weight is 415 g/mol. The molecule has 3 N–H and O–H groups in total. The first-order valence-corrected chi connectivity index (χ1v) is 12.2. The van der Waals surface area contributed by atoms with Gasteiger partial charge in [0, 0.05) is 12.5 Å². The summed E-state index contributed by atoms with van der Waals surface area (Å²) in [5.41, 5.74) is 7.09. The van der Waals surface area contributed by atoms with Crippen LogP contribution >= 0.6 is 0 Å². The van der Waals surface area contributed by atoms with Crippen LogP contribution in [0.5, 0.6) is 0 Å². The highest BCUT2D eigenvalue weighted by Crippen LogP contribution is 2.59. The van der Waals surface area contributed by atoms with Crippen LogP contribution in [-0.2, 0) is 10.2 Å². The molecule has 0 radical (unpaired) electrons. The van der Waals surface area contributed by atoms with Crippen molar-refractivity contribution in [2.45, 2.75) is 88.5 Å². The van der Waals surface area contributed by atoms with E-state index in [1.54, 1.807) is 0 Å². The molecule has 3 saturated carbocycles. The maximum atomic E-state index is 14.3. The normalized spacial score (nSPS) is 36.3. The van der Waals surface area contributed by atoms with Gasteiger partial charge in [0.2, 0.25) is 5.91 Å². The molecule has 2 bridgehead atoms. The van der Waals surface area contributed by atoms with Gasteiger partial charge in [0.05, 0.1) is 6.67 Å². The molecule has 30 heavy (non-hydrogen) atoms. The van der Waals surface area contributed by atoms with Crippen LogP contribution in [0.2, 0.25) is 0 Å². The van der Waals surface area contributed by atoms with E-state index in [9.17, 15) is 9.18 Å². The van der Waals surface area contributed by atoms with Crippen LogP contribution in [0.15, 0.2) is 30.3 Å². The Hall–Kier alpha value is -1.42. The van der Waals surface area contributed by atoms with Crippen LogP contribution in [0.25, 0.3) is 0 Å². The second-order valence-corrected chi connectivity index (χ2v) is 10.6. The first-order valence-electron chi connectivity index (χ1n) is 12.2. The van der Waals surface area contributed by atoms with Crippen LogP contribution in [-0.4, -0.2) is 25.2 Å². The van der Waals surface area contributed by atoms with E-state index in [2.05, 4.69) is 35.6 Å². The molecule has 3 atom stereocenters. The molecule has 3 nitrogen and oxygen atoms in total. The average Bonchev–Trinajstić information content (AvgIpc) is 2.78. The zero-order valence-corrected chi connectivity index (χ0v) is 18.4. The van der Waals surface area contributed by atoms with Gasteiger partial charge in [0.25, 0.3) is 0 Å². The standard InChI is InChI=1S/C26H39FN2O/c27-19-25-13-4-14-26(18-25,22-5-2-1-3-6-22)16-21(15-25)9-12-24(30)29-23-10-7-20(17-28)8-11-23/h1-3,5-6,20-21,23H,4,7-19,28H2,(H,29,30)/t20-,21?,23-,25-,26+/m0/s1. The number of fused-ring (bicyclic) bond motifs is 2. The number of rotatable bonds is 7. The number of nitrogens with one attached hydrogen (secondary N) is 1. The van der Waals surface area contributed by atoms with E-state index in [4.69, 9.17) is 5.73 Å². The summed E-state index contributed by atoms with van der Waals surface area (Å²) in [6.07, 6.45) is 12.2. The van der Waals surface area contributed by atoms with E-state index in [1.807, 2.05) is 0 Å². The summed E-state index contributed by atoms with van der Waals surface area (Å²) in [5, 5.41) is 3.26. The highest BCUT2D eigenvalue weighted by atomic mass is 19.1. The summed E-state index contributed by atoms with van der Waals surface area (Å²) in [7, 11) is 0. The predicted molar refractivity (Wildman–Crippen MR) is 120 cm³/mol. The Morgan fingerprint density at radius 1 is 1.07 bits per heavy atom. The third kappa shape index (κ3) is 4.74. The molecule has 3 aliphatic carbocycles. The molecule has 3 fully saturated rings. The predicted octanol–water partition coefficient (Wildman–Crippen LogP) is 5.28. The van der Waals surface area contributed by atoms with Gasteiger partial charge in [-0.15, -0.1) is 0 Å². The molecule has 0 aliphatic heterocycles. The van der Waals surface area contributed by atoms with Crippen LogP contribution in [0, 0.1) is 17.3 Å². The van der Waals surface area contributed by atoms with Gasteiger partial charge in [-0.3, -0.25) is 9.18 Å². The van der Waals surface area contributed by atoms with Crippen molar-refractivity contribution >= 4 is 5.91 Å². The van der Waals surface area contributed by atoms with Crippen molar-refractivity contribution in [3.8, 4) is 0 Å². The molecular formula is C26H39FN2O. The molecule has 0 spiro atoms. The van der Waals surface area contributed by atoms with Gasteiger partial charge < -0.3 is 11.1 Å². The first kappa shape index (κ1) is 21.8. The highest BCUT2D eigenvalue weighted by molar-refractivity contribution is 5.76. The van der Waals surface area contributed by atoms with E-state index in [0.29, 0.717) is 24.3 Å². The summed E-state index contributed by atoms with van der Waals surface area (Å²) in [6, 6.07) is 11.1. The Morgan fingerprint density at radius 3 is 2.53 bits per heavy atom. The van der Waals surface area contributed by atoms with Crippen molar-refractivity contribution in [3.05, 3.63) is 35.9 Å².